The Morgan fingerprint density at radius 2 is 2.16 bits per heavy atom. The molecule has 2 aromatic rings. The zero-order valence-electron chi connectivity index (χ0n) is 14.7. The summed E-state index contributed by atoms with van der Waals surface area (Å²) in [6, 6.07) is 1.59. The molecule has 134 valence electrons. The first-order chi connectivity index (χ1) is 12.2. The van der Waals surface area contributed by atoms with Gasteiger partial charge in [-0.1, -0.05) is 13.3 Å². The van der Waals surface area contributed by atoms with Crippen molar-refractivity contribution in [2.45, 2.75) is 39.2 Å². The van der Waals surface area contributed by atoms with E-state index in [0.29, 0.717) is 29.6 Å². The first kappa shape index (κ1) is 17.4. The molecule has 25 heavy (non-hydrogen) atoms. The zero-order valence-corrected chi connectivity index (χ0v) is 14.7. The highest BCUT2D eigenvalue weighted by molar-refractivity contribution is 5.70. The second-order valence-electron chi connectivity index (χ2n) is 6.49. The van der Waals surface area contributed by atoms with Crippen LogP contribution >= 0.6 is 0 Å². The fraction of sp³-hybridized carbons (Fsp3) is 0.500. The molecular formula is C18H26N6O. The normalized spacial score (nSPS) is 14.8. The third-order valence-corrected chi connectivity index (χ3v) is 4.51. The van der Waals surface area contributed by atoms with Gasteiger partial charge in [-0.25, -0.2) is 4.98 Å². The third-order valence-electron chi connectivity index (χ3n) is 4.51. The summed E-state index contributed by atoms with van der Waals surface area (Å²) < 4.78 is 0. The molecule has 0 atom stereocenters. The molecule has 2 aromatic heterocycles. The van der Waals surface area contributed by atoms with Crippen molar-refractivity contribution >= 4 is 11.8 Å². The second-order valence-corrected chi connectivity index (χ2v) is 6.49. The Kier molecular flexibility index (Phi) is 5.65. The molecule has 0 radical (unpaired) electrons. The van der Waals surface area contributed by atoms with Crippen molar-refractivity contribution in [2.75, 3.05) is 30.7 Å². The predicted molar refractivity (Wildman–Crippen MR) is 100 cm³/mol. The average Bonchev–Trinajstić information content (AvgIpc) is 3.10. The van der Waals surface area contributed by atoms with Gasteiger partial charge >= 0.3 is 0 Å². The zero-order chi connectivity index (χ0) is 17.6. The maximum absolute atomic E-state index is 12.4. The highest BCUT2D eigenvalue weighted by Gasteiger charge is 2.14. The van der Waals surface area contributed by atoms with Crippen LogP contribution in [0.3, 0.4) is 0 Å². The Balaban J connectivity index is 1.74. The van der Waals surface area contributed by atoms with Crippen LogP contribution < -0.4 is 16.5 Å². The molecule has 0 amide bonds. The fourth-order valence-electron chi connectivity index (χ4n) is 3.03. The Labute approximate surface area is 147 Å². The fourth-order valence-corrected chi connectivity index (χ4v) is 3.03. The standard InChI is InChI=1S/C18H26N6O/c1-2-3-6-20-18-22-11-14(17(19)23-18)15-9-16(25)13(10-21-15)12-24-7-4-5-8-24/h9-11H,2-8,12H2,1H3,(H,21,25)(H3,19,20,22,23). The number of nitrogens with one attached hydrogen (secondary N) is 2. The molecule has 0 bridgehead atoms. The number of pyridine rings is 1. The van der Waals surface area contributed by atoms with E-state index in [1.54, 1.807) is 18.5 Å². The number of hydrogen-bond donors (Lipinski definition) is 3. The lowest BCUT2D eigenvalue weighted by atomic mass is 10.1. The SMILES string of the molecule is CCCCNc1ncc(-c2cc(=O)c(CN3CCCC3)c[nH]2)c(N)n1. The van der Waals surface area contributed by atoms with Gasteiger partial charge in [-0.15, -0.1) is 0 Å². The lowest BCUT2D eigenvalue weighted by Gasteiger charge is -2.14. The highest BCUT2D eigenvalue weighted by atomic mass is 16.1. The summed E-state index contributed by atoms with van der Waals surface area (Å²) in [5.41, 5.74) is 8.15. The number of nitrogen functional groups attached to an aromatic ring is 1. The second kappa shape index (κ2) is 8.11. The van der Waals surface area contributed by atoms with Crippen LogP contribution in [0.4, 0.5) is 11.8 Å². The van der Waals surface area contributed by atoms with Gasteiger partial charge in [0.05, 0.1) is 11.3 Å². The van der Waals surface area contributed by atoms with E-state index in [-0.39, 0.29) is 5.43 Å². The van der Waals surface area contributed by atoms with Crippen molar-refractivity contribution in [1.82, 2.24) is 19.9 Å². The van der Waals surface area contributed by atoms with Crippen molar-refractivity contribution in [3.8, 4) is 11.3 Å². The van der Waals surface area contributed by atoms with E-state index in [1.165, 1.54) is 12.8 Å². The smallest absolute Gasteiger partial charge is 0.224 e. The largest absolute Gasteiger partial charge is 0.383 e. The van der Waals surface area contributed by atoms with E-state index in [2.05, 4.69) is 32.1 Å². The van der Waals surface area contributed by atoms with Crippen LogP contribution in [0.5, 0.6) is 0 Å². The van der Waals surface area contributed by atoms with Crippen molar-refractivity contribution in [1.29, 1.82) is 0 Å². The van der Waals surface area contributed by atoms with Crippen LogP contribution in [0.1, 0.15) is 38.2 Å². The molecular weight excluding hydrogens is 316 g/mol. The number of aromatic amines is 1. The number of aromatic nitrogens is 3. The van der Waals surface area contributed by atoms with Gasteiger partial charge in [0.2, 0.25) is 5.95 Å². The maximum atomic E-state index is 12.4. The number of rotatable bonds is 7. The molecule has 0 saturated carbocycles. The lowest BCUT2D eigenvalue weighted by Crippen LogP contribution is -2.23. The third kappa shape index (κ3) is 4.36. The summed E-state index contributed by atoms with van der Waals surface area (Å²) >= 11 is 0. The molecule has 4 N–H and O–H groups in total. The maximum Gasteiger partial charge on any atom is 0.224 e. The van der Waals surface area contributed by atoms with Crippen LogP contribution in [-0.4, -0.2) is 39.5 Å². The monoisotopic (exact) mass is 342 g/mol. The number of likely N-dealkylation sites (tertiary alicyclic amines) is 1. The molecule has 1 fully saturated rings. The number of nitrogens with zero attached hydrogens (tertiary/aromatic N) is 3. The van der Waals surface area contributed by atoms with E-state index < -0.39 is 0 Å². The number of hydrogen-bond acceptors (Lipinski definition) is 6. The molecule has 0 unspecified atom stereocenters. The summed E-state index contributed by atoms with van der Waals surface area (Å²) in [5.74, 6) is 0.875. The van der Waals surface area contributed by atoms with Gasteiger partial charge in [0.25, 0.3) is 0 Å². The van der Waals surface area contributed by atoms with Crippen LogP contribution in [0.15, 0.2) is 23.3 Å². The van der Waals surface area contributed by atoms with Crippen LogP contribution in [-0.2, 0) is 6.54 Å². The Morgan fingerprint density at radius 3 is 2.84 bits per heavy atom. The predicted octanol–water partition coefficient (Wildman–Crippen LogP) is 2.22. The van der Waals surface area contributed by atoms with E-state index >= 15 is 0 Å². The van der Waals surface area contributed by atoms with Crippen molar-refractivity contribution in [3.63, 3.8) is 0 Å². The minimum absolute atomic E-state index is 0.0187. The van der Waals surface area contributed by atoms with Gasteiger partial charge in [-0.3, -0.25) is 9.69 Å². The molecule has 3 heterocycles. The Bertz CT molecular complexity index is 766. The molecule has 0 aromatic carbocycles. The number of anilines is 2. The molecule has 7 nitrogen and oxygen atoms in total. The quantitative estimate of drug-likeness (QED) is 0.667. The van der Waals surface area contributed by atoms with Gasteiger partial charge in [0.15, 0.2) is 5.43 Å². The Morgan fingerprint density at radius 1 is 1.36 bits per heavy atom. The molecule has 3 rings (SSSR count). The summed E-state index contributed by atoms with van der Waals surface area (Å²) in [4.78, 5) is 26.5. The number of nitrogens with two attached hydrogens (primary N) is 1. The van der Waals surface area contributed by atoms with Crippen molar-refractivity contribution in [3.05, 3.63) is 34.2 Å². The molecule has 7 heteroatoms. The minimum atomic E-state index is 0.0187. The van der Waals surface area contributed by atoms with E-state index in [4.69, 9.17) is 5.73 Å². The first-order valence-corrected chi connectivity index (χ1v) is 8.98. The van der Waals surface area contributed by atoms with Gasteiger partial charge in [-0.2, -0.15) is 4.98 Å². The molecule has 0 aliphatic carbocycles. The topological polar surface area (TPSA) is 99.9 Å². The lowest BCUT2D eigenvalue weighted by molar-refractivity contribution is 0.330. The van der Waals surface area contributed by atoms with E-state index in [0.717, 1.165) is 38.0 Å². The first-order valence-electron chi connectivity index (χ1n) is 8.98. The van der Waals surface area contributed by atoms with Gasteiger partial charge in [-0.05, 0) is 32.4 Å². The van der Waals surface area contributed by atoms with Gasteiger partial charge < -0.3 is 16.0 Å². The molecule has 1 saturated heterocycles. The molecule has 1 aliphatic heterocycles. The van der Waals surface area contributed by atoms with Crippen LogP contribution in [0.2, 0.25) is 0 Å². The summed E-state index contributed by atoms with van der Waals surface area (Å²) in [6.07, 6.45) is 8.01. The van der Waals surface area contributed by atoms with Crippen LogP contribution in [0.25, 0.3) is 11.3 Å². The average molecular weight is 342 g/mol. The Hall–Kier alpha value is -2.41. The van der Waals surface area contributed by atoms with Crippen molar-refractivity contribution < 1.29 is 0 Å². The summed E-state index contributed by atoms with van der Waals surface area (Å²) in [7, 11) is 0. The molecule has 1 aliphatic rings. The van der Waals surface area contributed by atoms with Crippen LogP contribution in [0, 0.1) is 0 Å². The molecule has 0 spiro atoms. The van der Waals surface area contributed by atoms with Gasteiger partial charge in [0.1, 0.15) is 5.82 Å². The number of unbranched alkanes of at least 4 members (excludes halogenated alkanes) is 1. The van der Waals surface area contributed by atoms with Gasteiger partial charge in [0, 0.05) is 37.1 Å². The van der Waals surface area contributed by atoms with E-state index in [9.17, 15) is 4.79 Å². The summed E-state index contributed by atoms with van der Waals surface area (Å²) in [5, 5.41) is 3.15. The minimum Gasteiger partial charge on any atom is -0.383 e. The highest BCUT2D eigenvalue weighted by Crippen LogP contribution is 2.22. The van der Waals surface area contributed by atoms with E-state index in [1.807, 2.05) is 0 Å². The summed E-state index contributed by atoms with van der Waals surface area (Å²) in [6.45, 7) is 5.77. The van der Waals surface area contributed by atoms with Crippen molar-refractivity contribution in [2.24, 2.45) is 0 Å². The number of H-pyrrole nitrogens is 1.